The van der Waals surface area contributed by atoms with Crippen molar-refractivity contribution in [2.24, 2.45) is 0 Å². The number of hydrogen-bond acceptors (Lipinski definition) is 4. The number of carboxylic acid groups (broad SMARTS) is 1. The second kappa shape index (κ2) is 7.99. The zero-order valence-corrected chi connectivity index (χ0v) is 12.3. The molecule has 5 heteroatoms. The summed E-state index contributed by atoms with van der Waals surface area (Å²) in [4.78, 5) is 12.9. The van der Waals surface area contributed by atoms with Crippen LogP contribution >= 0.6 is 0 Å². The van der Waals surface area contributed by atoms with Gasteiger partial charge in [0.2, 0.25) is 0 Å². The van der Waals surface area contributed by atoms with Crippen LogP contribution in [0.4, 0.5) is 0 Å². The van der Waals surface area contributed by atoms with Gasteiger partial charge in [0.25, 0.3) is 0 Å². The first-order valence-corrected chi connectivity index (χ1v) is 6.74. The minimum absolute atomic E-state index is 0.109. The van der Waals surface area contributed by atoms with Crippen molar-refractivity contribution in [2.45, 2.75) is 25.5 Å². The Hall–Kier alpha value is -1.43. The number of benzene rings is 1. The van der Waals surface area contributed by atoms with Crippen LogP contribution in [-0.2, 0) is 4.79 Å². The highest BCUT2D eigenvalue weighted by molar-refractivity contribution is 5.67. The summed E-state index contributed by atoms with van der Waals surface area (Å²) in [5, 5.41) is 22.4. The molecule has 0 radical (unpaired) electrons. The molecule has 0 fully saturated rings. The smallest absolute Gasteiger partial charge is 0.305 e. The third-order valence-electron chi connectivity index (χ3n) is 3.16. The number of nitrogens with zero attached hydrogens (tertiary/aromatic N) is 1. The van der Waals surface area contributed by atoms with Crippen LogP contribution in [0.15, 0.2) is 24.3 Å². The molecule has 3 N–H and O–H groups in total. The minimum atomic E-state index is -0.918. The summed E-state index contributed by atoms with van der Waals surface area (Å²) in [5.74, 6) is -0.918. The van der Waals surface area contributed by atoms with Gasteiger partial charge in [-0.2, -0.15) is 0 Å². The highest BCUT2D eigenvalue weighted by atomic mass is 16.4. The quantitative estimate of drug-likeness (QED) is 0.663. The van der Waals surface area contributed by atoms with Crippen LogP contribution in [0.1, 0.15) is 23.7 Å². The average molecular weight is 280 g/mol. The fraction of sp³-hybridized carbons (Fsp3) is 0.533. The fourth-order valence-corrected chi connectivity index (χ4v) is 1.95. The maximum absolute atomic E-state index is 10.9. The summed E-state index contributed by atoms with van der Waals surface area (Å²) in [5.41, 5.74) is 1.84. The molecule has 20 heavy (non-hydrogen) atoms. The molecule has 2 unspecified atom stereocenters. The van der Waals surface area contributed by atoms with E-state index in [-0.39, 0.29) is 6.42 Å². The van der Waals surface area contributed by atoms with Crippen LogP contribution < -0.4 is 5.32 Å². The zero-order valence-electron chi connectivity index (χ0n) is 12.3. The Bertz CT molecular complexity index is 418. The molecular formula is C15H24N2O3. The lowest BCUT2D eigenvalue weighted by molar-refractivity contribution is -0.138. The molecule has 0 aliphatic heterocycles. The summed E-state index contributed by atoms with van der Waals surface area (Å²) >= 11 is 0. The molecule has 0 amide bonds. The molecule has 1 aromatic rings. The Labute approximate surface area is 120 Å². The molecule has 0 aromatic heterocycles. The van der Waals surface area contributed by atoms with Gasteiger partial charge in [0.15, 0.2) is 0 Å². The normalized spacial score (nSPS) is 14.2. The van der Waals surface area contributed by atoms with Crippen molar-refractivity contribution in [1.82, 2.24) is 10.2 Å². The number of aliphatic carboxylic acids is 1. The van der Waals surface area contributed by atoms with Gasteiger partial charge in [-0.1, -0.05) is 29.8 Å². The Balaban J connectivity index is 2.70. The molecule has 0 aliphatic rings. The van der Waals surface area contributed by atoms with Crippen molar-refractivity contribution < 1.29 is 15.0 Å². The highest BCUT2D eigenvalue weighted by Gasteiger charge is 2.23. The number of likely N-dealkylation sites (N-methyl/N-ethyl adjacent to an activating group) is 1. The van der Waals surface area contributed by atoms with Crippen molar-refractivity contribution in [1.29, 1.82) is 0 Å². The zero-order chi connectivity index (χ0) is 15.1. The van der Waals surface area contributed by atoms with Crippen LogP contribution in [0.5, 0.6) is 0 Å². The lowest BCUT2D eigenvalue weighted by Crippen LogP contribution is -2.40. The molecule has 112 valence electrons. The van der Waals surface area contributed by atoms with E-state index in [0.717, 1.165) is 17.7 Å². The van der Waals surface area contributed by atoms with Gasteiger partial charge in [-0.3, -0.25) is 4.79 Å². The molecule has 0 spiro atoms. The van der Waals surface area contributed by atoms with Gasteiger partial charge < -0.3 is 20.4 Å². The maximum atomic E-state index is 10.9. The van der Waals surface area contributed by atoms with Crippen LogP contribution in [0.25, 0.3) is 0 Å². The van der Waals surface area contributed by atoms with E-state index in [2.05, 4.69) is 5.32 Å². The highest BCUT2D eigenvalue weighted by Crippen LogP contribution is 2.19. The average Bonchev–Trinajstić information content (AvgIpc) is 2.37. The van der Waals surface area contributed by atoms with E-state index in [9.17, 15) is 9.90 Å². The molecule has 5 nitrogen and oxygen atoms in total. The van der Waals surface area contributed by atoms with E-state index in [4.69, 9.17) is 5.11 Å². The Morgan fingerprint density at radius 1 is 1.30 bits per heavy atom. The molecule has 0 saturated carbocycles. The largest absolute Gasteiger partial charge is 0.481 e. The number of aliphatic hydroxyl groups excluding tert-OH is 1. The number of rotatable bonds is 8. The maximum Gasteiger partial charge on any atom is 0.305 e. The Kier molecular flexibility index (Phi) is 6.64. The first-order chi connectivity index (χ1) is 9.40. The van der Waals surface area contributed by atoms with Gasteiger partial charge in [-0.15, -0.1) is 0 Å². The predicted octanol–water partition coefficient (Wildman–Crippen LogP) is 1.02. The van der Waals surface area contributed by atoms with Gasteiger partial charge in [0.05, 0.1) is 12.5 Å². The van der Waals surface area contributed by atoms with Crippen LogP contribution in [-0.4, -0.2) is 54.3 Å². The Morgan fingerprint density at radius 3 is 2.40 bits per heavy atom. The van der Waals surface area contributed by atoms with E-state index in [1.807, 2.05) is 50.2 Å². The van der Waals surface area contributed by atoms with Crippen molar-refractivity contribution in [3.63, 3.8) is 0 Å². The second-order valence-electron chi connectivity index (χ2n) is 5.32. The van der Waals surface area contributed by atoms with Crippen molar-refractivity contribution in [2.75, 3.05) is 27.2 Å². The summed E-state index contributed by atoms with van der Waals surface area (Å²) < 4.78 is 0. The second-order valence-corrected chi connectivity index (χ2v) is 5.32. The molecule has 2 atom stereocenters. The lowest BCUT2D eigenvalue weighted by Gasteiger charge is -2.24. The van der Waals surface area contributed by atoms with Crippen LogP contribution in [0.3, 0.4) is 0 Å². The van der Waals surface area contributed by atoms with Crippen molar-refractivity contribution in [3.8, 4) is 0 Å². The van der Waals surface area contributed by atoms with E-state index in [1.54, 1.807) is 0 Å². The lowest BCUT2D eigenvalue weighted by atomic mass is 9.99. The summed E-state index contributed by atoms with van der Waals surface area (Å²) in [6.07, 6.45) is -0.934. The standard InChI is InChI=1S/C15H24N2O3/c1-11-4-6-12(7-5-11)15(20)13(10-14(18)19)16-8-9-17(2)3/h4-7,13,15-16,20H,8-10H2,1-3H3,(H,18,19). The molecule has 0 bridgehead atoms. The first kappa shape index (κ1) is 16.6. The predicted molar refractivity (Wildman–Crippen MR) is 78.7 cm³/mol. The molecular weight excluding hydrogens is 256 g/mol. The van der Waals surface area contributed by atoms with Crippen molar-refractivity contribution >= 4 is 5.97 Å². The van der Waals surface area contributed by atoms with Crippen LogP contribution in [0.2, 0.25) is 0 Å². The van der Waals surface area contributed by atoms with E-state index in [0.29, 0.717) is 6.54 Å². The summed E-state index contributed by atoms with van der Waals surface area (Å²) in [6, 6.07) is 7.01. The molecule has 0 saturated heterocycles. The topological polar surface area (TPSA) is 72.8 Å². The van der Waals surface area contributed by atoms with E-state index in [1.165, 1.54) is 0 Å². The number of carbonyl (C=O) groups is 1. The van der Waals surface area contributed by atoms with Gasteiger partial charge >= 0.3 is 5.97 Å². The third-order valence-corrected chi connectivity index (χ3v) is 3.16. The molecule has 1 rings (SSSR count). The minimum Gasteiger partial charge on any atom is -0.481 e. The summed E-state index contributed by atoms with van der Waals surface area (Å²) in [6.45, 7) is 3.39. The van der Waals surface area contributed by atoms with Gasteiger partial charge in [-0.05, 0) is 26.6 Å². The van der Waals surface area contributed by atoms with Gasteiger partial charge in [0, 0.05) is 19.1 Å². The molecule has 1 aromatic carbocycles. The number of aliphatic hydroxyl groups is 1. The number of hydrogen-bond donors (Lipinski definition) is 3. The van der Waals surface area contributed by atoms with E-state index >= 15 is 0 Å². The molecule has 0 aliphatic carbocycles. The van der Waals surface area contributed by atoms with Crippen LogP contribution in [0, 0.1) is 6.92 Å². The Morgan fingerprint density at radius 2 is 1.90 bits per heavy atom. The SMILES string of the molecule is Cc1ccc(C(O)C(CC(=O)O)NCCN(C)C)cc1. The van der Waals surface area contributed by atoms with E-state index < -0.39 is 18.1 Å². The fourth-order valence-electron chi connectivity index (χ4n) is 1.95. The van der Waals surface area contributed by atoms with Gasteiger partial charge in [0.1, 0.15) is 0 Å². The number of carboxylic acids is 1. The number of nitrogens with one attached hydrogen (secondary N) is 1. The van der Waals surface area contributed by atoms with Crippen molar-refractivity contribution in [3.05, 3.63) is 35.4 Å². The third kappa shape index (κ3) is 5.69. The summed E-state index contributed by atoms with van der Waals surface area (Å²) in [7, 11) is 3.90. The molecule has 0 heterocycles. The monoisotopic (exact) mass is 280 g/mol. The number of aryl methyl sites for hydroxylation is 1. The first-order valence-electron chi connectivity index (χ1n) is 6.74. The van der Waals surface area contributed by atoms with Gasteiger partial charge in [-0.25, -0.2) is 0 Å².